The highest BCUT2D eigenvalue weighted by molar-refractivity contribution is 7.12. The second kappa shape index (κ2) is 10.2. The van der Waals surface area contributed by atoms with Crippen molar-refractivity contribution >= 4 is 29.1 Å². The molecular formula is C21H26N4O3S. The number of carbonyl (C=O) groups excluding carboxylic acids is 3. The van der Waals surface area contributed by atoms with Crippen LogP contribution in [-0.4, -0.2) is 71.7 Å². The topological polar surface area (TPSA) is 86.9 Å². The Morgan fingerprint density at radius 3 is 2.34 bits per heavy atom. The first-order chi connectivity index (χ1) is 14.0. The molecule has 0 bridgehead atoms. The van der Waals surface area contributed by atoms with Crippen molar-refractivity contribution in [2.24, 2.45) is 5.73 Å². The van der Waals surface area contributed by atoms with Crippen LogP contribution >= 0.6 is 11.3 Å². The third-order valence-corrected chi connectivity index (χ3v) is 5.81. The van der Waals surface area contributed by atoms with Gasteiger partial charge in [-0.05, 0) is 17.0 Å². The molecule has 2 heterocycles. The molecule has 1 aromatic carbocycles. The highest BCUT2D eigenvalue weighted by atomic mass is 32.1. The molecule has 29 heavy (non-hydrogen) atoms. The fourth-order valence-corrected chi connectivity index (χ4v) is 3.99. The number of thiophene rings is 1. The van der Waals surface area contributed by atoms with Crippen molar-refractivity contribution in [3.05, 3.63) is 58.3 Å². The van der Waals surface area contributed by atoms with Gasteiger partial charge in [0.1, 0.15) is 0 Å². The summed E-state index contributed by atoms with van der Waals surface area (Å²) in [5, 5.41) is 1.90. The van der Waals surface area contributed by atoms with Gasteiger partial charge in [-0.2, -0.15) is 0 Å². The summed E-state index contributed by atoms with van der Waals surface area (Å²) in [5.41, 5.74) is 6.29. The number of hydrogen-bond acceptors (Lipinski definition) is 5. The van der Waals surface area contributed by atoms with Crippen LogP contribution < -0.4 is 5.73 Å². The molecular weight excluding hydrogens is 388 g/mol. The average Bonchev–Trinajstić information content (AvgIpc) is 3.26. The van der Waals surface area contributed by atoms with Crippen LogP contribution in [-0.2, 0) is 16.1 Å². The van der Waals surface area contributed by atoms with Crippen LogP contribution in [0.1, 0.15) is 21.7 Å². The Bertz CT molecular complexity index is 818. The van der Waals surface area contributed by atoms with E-state index in [4.69, 9.17) is 5.73 Å². The maximum absolute atomic E-state index is 12.9. The van der Waals surface area contributed by atoms with Crippen LogP contribution in [0, 0.1) is 0 Å². The van der Waals surface area contributed by atoms with E-state index in [0.717, 1.165) is 10.4 Å². The third-order valence-electron chi connectivity index (χ3n) is 4.95. The molecule has 0 radical (unpaired) electrons. The Kier molecular flexibility index (Phi) is 7.37. The quantitative estimate of drug-likeness (QED) is 0.708. The molecule has 1 aliphatic rings. The number of carbonyl (C=O) groups is 3. The molecule has 154 valence electrons. The minimum Gasteiger partial charge on any atom is -0.370 e. The SMILES string of the molecule is NC(=O)CCN(Cc1ccccc1)C(=O)CN1CCN(C(=O)c2cccs2)CC1. The lowest BCUT2D eigenvalue weighted by atomic mass is 10.2. The van der Waals surface area contributed by atoms with E-state index < -0.39 is 5.91 Å². The maximum Gasteiger partial charge on any atom is 0.264 e. The van der Waals surface area contributed by atoms with E-state index in [2.05, 4.69) is 4.90 Å². The molecule has 2 aromatic rings. The number of primary amides is 1. The normalized spacial score (nSPS) is 14.6. The zero-order valence-electron chi connectivity index (χ0n) is 16.3. The summed E-state index contributed by atoms with van der Waals surface area (Å²) in [6.07, 6.45) is 0.141. The van der Waals surface area contributed by atoms with Crippen LogP contribution in [0.2, 0.25) is 0 Å². The second-order valence-electron chi connectivity index (χ2n) is 7.06. The molecule has 1 saturated heterocycles. The van der Waals surface area contributed by atoms with Gasteiger partial charge in [-0.25, -0.2) is 0 Å². The van der Waals surface area contributed by atoms with E-state index >= 15 is 0 Å². The van der Waals surface area contributed by atoms with E-state index in [1.807, 2.05) is 52.7 Å². The average molecular weight is 415 g/mol. The van der Waals surface area contributed by atoms with Gasteiger partial charge < -0.3 is 15.5 Å². The van der Waals surface area contributed by atoms with Crippen molar-refractivity contribution in [2.75, 3.05) is 39.3 Å². The summed E-state index contributed by atoms with van der Waals surface area (Å²) < 4.78 is 0. The Hall–Kier alpha value is -2.71. The van der Waals surface area contributed by atoms with Gasteiger partial charge in [0, 0.05) is 45.7 Å². The van der Waals surface area contributed by atoms with Crippen LogP contribution in [0.5, 0.6) is 0 Å². The number of piperazine rings is 1. The lowest BCUT2D eigenvalue weighted by Crippen LogP contribution is -2.51. The highest BCUT2D eigenvalue weighted by Crippen LogP contribution is 2.14. The summed E-state index contributed by atoms with van der Waals surface area (Å²) in [7, 11) is 0. The van der Waals surface area contributed by atoms with E-state index in [9.17, 15) is 14.4 Å². The standard InChI is InChI=1S/C21H26N4O3S/c22-19(26)8-9-25(15-17-5-2-1-3-6-17)20(27)16-23-10-12-24(13-11-23)21(28)18-7-4-14-29-18/h1-7,14H,8-13,15-16H2,(H2,22,26). The molecule has 7 nitrogen and oxygen atoms in total. The van der Waals surface area contributed by atoms with Gasteiger partial charge in [0.2, 0.25) is 11.8 Å². The van der Waals surface area contributed by atoms with Crippen molar-refractivity contribution in [3.63, 3.8) is 0 Å². The molecule has 0 saturated carbocycles. The van der Waals surface area contributed by atoms with Crippen molar-refractivity contribution in [1.29, 1.82) is 0 Å². The number of nitrogens with two attached hydrogens (primary N) is 1. The number of hydrogen-bond donors (Lipinski definition) is 1. The minimum atomic E-state index is -0.420. The summed E-state index contributed by atoms with van der Waals surface area (Å²) in [6, 6.07) is 13.4. The molecule has 3 amide bonds. The van der Waals surface area contributed by atoms with Crippen molar-refractivity contribution in [1.82, 2.24) is 14.7 Å². The molecule has 8 heteroatoms. The monoisotopic (exact) mass is 414 g/mol. The number of nitrogens with zero attached hydrogens (tertiary/aromatic N) is 3. The smallest absolute Gasteiger partial charge is 0.264 e. The van der Waals surface area contributed by atoms with Crippen molar-refractivity contribution in [2.45, 2.75) is 13.0 Å². The fraction of sp³-hybridized carbons (Fsp3) is 0.381. The van der Waals surface area contributed by atoms with E-state index in [0.29, 0.717) is 39.3 Å². The van der Waals surface area contributed by atoms with Gasteiger partial charge in [-0.15, -0.1) is 11.3 Å². The summed E-state index contributed by atoms with van der Waals surface area (Å²) >= 11 is 1.45. The number of rotatable bonds is 8. The van der Waals surface area contributed by atoms with Crippen molar-refractivity contribution in [3.8, 4) is 0 Å². The Balaban J connectivity index is 1.53. The molecule has 1 aromatic heterocycles. The number of amides is 3. The van der Waals surface area contributed by atoms with E-state index in [-0.39, 0.29) is 24.8 Å². The Labute approximate surface area is 174 Å². The molecule has 0 aliphatic carbocycles. The molecule has 1 aliphatic heterocycles. The molecule has 3 rings (SSSR count). The third kappa shape index (κ3) is 6.13. The molecule has 2 N–H and O–H groups in total. The lowest BCUT2D eigenvalue weighted by Gasteiger charge is -2.35. The molecule has 0 atom stereocenters. The van der Waals surface area contributed by atoms with Gasteiger partial charge in [0.25, 0.3) is 5.91 Å². The fourth-order valence-electron chi connectivity index (χ4n) is 3.30. The zero-order valence-corrected chi connectivity index (χ0v) is 17.1. The largest absolute Gasteiger partial charge is 0.370 e. The summed E-state index contributed by atoms with van der Waals surface area (Å²) in [4.78, 5) is 42.9. The predicted octanol–water partition coefficient (Wildman–Crippen LogP) is 1.41. The van der Waals surface area contributed by atoms with Crippen LogP contribution in [0.15, 0.2) is 47.8 Å². The molecule has 0 unspecified atom stereocenters. The van der Waals surface area contributed by atoms with Crippen molar-refractivity contribution < 1.29 is 14.4 Å². The Morgan fingerprint density at radius 1 is 1.00 bits per heavy atom. The van der Waals surface area contributed by atoms with Gasteiger partial charge in [0.15, 0.2) is 0 Å². The van der Waals surface area contributed by atoms with Gasteiger partial charge >= 0.3 is 0 Å². The first-order valence-electron chi connectivity index (χ1n) is 9.68. The maximum atomic E-state index is 12.9. The van der Waals surface area contributed by atoms with Gasteiger partial charge in [-0.3, -0.25) is 19.3 Å². The van der Waals surface area contributed by atoms with Gasteiger partial charge in [-0.1, -0.05) is 36.4 Å². The lowest BCUT2D eigenvalue weighted by molar-refractivity contribution is -0.133. The minimum absolute atomic E-state index is 0.0341. The van der Waals surface area contributed by atoms with Gasteiger partial charge in [0.05, 0.1) is 11.4 Å². The first-order valence-corrected chi connectivity index (χ1v) is 10.6. The van der Waals surface area contributed by atoms with Crippen LogP contribution in [0.25, 0.3) is 0 Å². The summed E-state index contributed by atoms with van der Waals surface area (Å²) in [6.45, 7) is 3.53. The molecule has 1 fully saturated rings. The predicted molar refractivity (Wildman–Crippen MR) is 112 cm³/mol. The highest BCUT2D eigenvalue weighted by Gasteiger charge is 2.25. The van der Waals surface area contributed by atoms with E-state index in [1.165, 1.54) is 11.3 Å². The van der Waals surface area contributed by atoms with E-state index in [1.54, 1.807) is 4.90 Å². The Morgan fingerprint density at radius 2 is 1.72 bits per heavy atom. The van der Waals surface area contributed by atoms with Crippen LogP contribution in [0.4, 0.5) is 0 Å². The zero-order chi connectivity index (χ0) is 20.6. The second-order valence-corrected chi connectivity index (χ2v) is 8.01. The number of benzene rings is 1. The first kappa shape index (κ1) is 21.0. The molecule has 0 spiro atoms. The van der Waals surface area contributed by atoms with Crippen LogP contribution in [0.3, 0.4) is 0 Å². The summed E-state index contributed by atoms with van der Waals surface area (Å²) in [5.74, 6) is -0.400.